The Hall–Kier alpha value is -1.10. The minimum atomic E-state index is 0.109. The first-order chi connectivity index (χ1) is 9.48. The number of hydrogen-bond donors (Lipinski definition) is 0. The number of rotatable bonds is 5. The Bertz CT molecular complexity index is 444. The van der Waals surface area contributed by atoms with Gasteiger partial charge in [-0.2, -0.15) is 9.97 Å². The first-order valence-electron chi connectivity index (χ1n) is 7.19. The molecule has 0 amide bonds. The molecule has 0 aliphatic heterocycles. The standard InChI is InChI=1S/C14H22ClN3O2/c1-4-9-19-12-16-11(15)17-13(18-12)20-10-5-7-14(2,3)8-6-10/h10H,4-9H2,1-3H3. The second-order valence-corrected chi connectivity index (χ2v) is 6.34. The van der Waals surface area contributed by atoms with Crippen molar-refractivity contribution in [2.45, 2.75) is 59.0 Å². The highest BCUT2D eigenvalue weighted by Crippen LogP contribution is 2.36. The topological polar surface area (TPSA) is 57.1 Å². The highest BCUT2D eigenvalue weighted by molar-refractivity contribution is 6.28. The van der Waals surface area contributed by atoms with Gasteiger partial charge >= 0.3 is 12.0 Å². The van der Waals surface area contributed by atoms with Crippen molar-refractivity contribution in [2.24, 2.45) is 5.41 Å². The predicted molar refractivity (Wildman–Crippen MR) is 77.3 cm³/mol. The Balaban J connectivity index is 1.97. The lowest BCUT2D eigenvalue weighted by atomic mass is 9.76. The molecule has 0 aromatic carbocycles. The molecule has 112 valence electrons. The van der Waals surface area contributed by atoms with Crippen molar-refractivity contribution in [3.05, 3.63) is 5.28 Å². The number of halogens is 1. The third-order valence-electron chi connectivity index (χ3n) is 3.56. The Morgan fingerprint density at radius 3 is 2.45 bits per heavy atom. The molecule has 6 heteroatoms. The first kappa shape index (κ1) is 15.3. The van der Waals surface area contributed by atoms with Crippen molar-refractivity contribution in [3.63, 3.8) is 0 Å². The van der Waals surface area contributed by atoms with Gasteiger partial charge in [-0.25, -0.2) is 0 Å². The van der Waals surface area contributed by atoms with E-state index < -0.39 is 0 Å². The summed E-state index contributed by atoms with van der Waals surface area (Å²) in [7, 11) is 0. The Labute approximate surface area is 125 Å². The van der Waals surface area contributed by atoms with Crippen LogP contribution in [0.2, 0.25) is 5.28 Å². The monoisotopic (exact) mass is 299 g/mol. The molecule has 5 nitrogen and oxygen atoms in total. The first-order valence-corrected chi connectivity index (χ1v) is 7.57. The van der Waals surface area contributed by atoms with Crippen LogP contribution in [0, 0.1) is 5.41 Å². The zero-order valence-electron chi connectivity index (χ0n) is 12.4. The molecular formula is C14H22ClN3O2. The normalized spacial score (nSPS) is 18.8. The number of nitrogens with zero attached hydrogens (tertiary/aromatic N) is 3. The van der Waals surface area contributed by atoms with Crippen LogP contribution in [0.15, 0.2) is 0 Å². The third kappa shape index (κ3) is 4.47. The maximum Gasteiger partial charge on any atom is 0.324 e. The molecule has 20 heavy (non-hydrogen) atoms. The fourth-order valence-electron chi connectivity index (χ4n) is 2.26. The summed E-state index contributed by atoms with van der Waals surface area (Å²) in [5.41, 5.74) is 0.409. The highest BCUT2D eigenvalue weighted by atomic mass is 35.5. The van der Waals surface area contributed by atoms with E-state index in [0.29, 0.717) is 12.0 Å². The molecule has 1 aromatic heterocycles. The zero-order chi connectivity index (χ0) is 14.6. The molecule has 0 unspecified atom stereocenters. The average Bonchev–Trinajstić information content (AvgIpc) is 2.38. The molecular weight excluding hydrogens is 278 g/mol. The van der Waals surface area contributed by atoms with Crippen LogP contribution >= 0.6 is 11.6 Å². The number of hydrogen-bond acceptors (Lipinski definition) is 5. The summed E-state index contributed by atoms with van der Waals surface area (Å²) < 4.78 is 11.2. The van der Waals surface area contributed by atoms with E-state index in [0.717, 1.165) is 32.1 Å². The minimum Gasteiger partial charge on any atom is -0.463 e. The Kier molecular flexibility index (Phi) is 5.02. The quantitative estimate of drug-likeness (QED) is 0.830. The van der Waals surface area contributed by atoms with Gasteiger partial charge in [0.2, 0.25) is 5.28 Å². The molecule has 1 saturated carbocycles. The van der Waals surface area contributed by atoms with Crippen LogP contribution in [0.4, 0.5) is 0 Å². The van der Waals surface area contributed by atoms with E-state index in [1.807, 2.05) is 6.92 Å². The molecule has 0 radical (unpaired) electrons. The molecule has 1 fully saturated rings. The lowest BCUT2D eigenvalue weighted by Crippen LogP contribution is -2.29. The lowest BCUT2D eigenvalue weighted by Gasteiger charge is -2.33. The van der Waals surface area contributed by atoms with Crippen molar-refractivity contribution >= 4 is 11.6 Å². The van der Waals surface area contributed by atoms with Gasteiger partial charge in [-0.1, -0.05) is 20.8 Å². The summed E-state index contributed by atoms with van der Waals surface area (Å²) in [4.78, 5) is 12.1. The van der Waals surface area contributed by atoms with E-state index in [2.05, 4.69) is 28.8 Å². The summed E-state index contributed by atoms with van der Waals surface area (Å²) in [6.45, 7) is 7.15. The molecule has 0 spiro atoms. The smallest absolute Gasteiger partial charge is 0.324 e. The van der Waals surface area contributed by atoms with Crippen LogP contribution in [-0.2, 0) is 0 Å². The van der Waals surface area contributed by atoms with Gasteiger partial charge in [0.05, 0.1) is 6.61 Å². The molecule has 0 saturated heterocycles. The number of ether oxygens (including phenoxy) is 2. The van der Waals surface area contributed by atoms with Crippen molar-refractivity contribution in [3.8, 4) is 12.0 Å². The van der Waals surface area contributed by atoms with Gasteiger partial charge in [0.25, 0.3) is 0 Å². The molecule has 0 atom stereocenters. The number of aromatic nitrogens is 3. The summed E-state index contributed by atoms with van der Waals surface area (Å²) in [5.74, 6) is 0. The van der Waals surface area contributed by atoms with E-state index in [1.54, 1.807) is 0 Å². The second-order valence-electron chi connectivity index (χ2n) is 6.00. The van der Waals surface area contributed by atoms with Gasteiger partial charge in [0, 0.05) is 0 Å². The molecule has 1 aliphatic rings. The van der Waals surface area contributed by atoms with Gasteiger partial charge in [0.15, 0.2) is 0 Å². The van der Waals surface area contributed by atoms with Crippen molar-refractivity contribution in [1.82, 2.24) is 15.0 Å². The fourth-order valence-corrected chi connectivity index (χ4v) is 2.41. The Morgan fingerprint density at radius 2 is 1.80 bits per heavy atom. The van der Waals surface area contributed by atoms with Crippen LogP contribution in [0.5, 0.6) is 12.0 Å². The van der Waals surface area contributed by atoms with Gasteiger partial charge in [-0.3, -0.25) is 0 Å². The maximum absolute atomic E-state index is 5.87. The lowest BCUT2D eigenvalue weighted by molar-refractivity contribution is 0.0892. The van der Waals surface area contributed by atoms with Crippen molar-refractivity contribution in [1.29, 1.82) is 0 Å². The molecule has 2 rings (SSSR count). The molecule has 1 aromatic rings. The molecule has 0 bridgehead atoms. The van der Waals surface area contributed by atoms with Crippen LogP contribution < -0.4 is 9.47 Å². The highest BCUT2D eigenvalue weighted by Gasteiger charge is 2.28. The van der Waals surface area contributed by atoms with Gasteiger partial charge < -0.3 is 9.47 Å². The summed E-state index contributed by atoms with van der Waals surface area (Å²) in [6.07, 6.45) is 5.37. The van der Waals surface area contributed by atoms with Crippen LogP contribution in [0.1, 0.15) is 52.9 Å². The van der Waals surface area contributed by atoms with E-state index >= 15 is 0 Å². The summed E-state index contributed by atoms with van der Waals surface area (Å²) in [5, 5.41) is 0.109. The van der Waals surface area contributed by atoms with Crippen LogP contribution in [-0.4, -0.2) is 27.7 Å². The maximum atomic E-state index is 5.87. The predicted octanol–water partition coefficient (Wildman–Crippen LogP) is 3.66. The van der Waals surface area contributed by atoms with E-state index in [9.17, 15) is 0 Å². The van der Waals surface area contributed by atoms with E-state index in [4.69, 9.17) is 21.1 Å². The SMILES string of the molecule is CCCOc1nc(Cl)nc(OC2CCC(C)(C)CC2)n1. The average molecular weight is 300 g/mol. The third-order valence-corrected chi connectivity index (χ3v) is 3.73. The van der Waals surface area contributed by atoms with Crippen molar-refractivity contribution in [2.75, 3.05) is 6.61 Å². The largest absolute Gasteiger partial charge is 0.463 e. The Morgan fingerprint density at radius 1 is 1.15 bits per heavy atom. The van der Waals surface area contributed by atoms with Gasteiger partial charge in [-0.15, -0.1) is 4.98 Å². The molecule has 1 aliphatic carbocycles. The zero-order valence-corrected chi connectivity index (χ0v) is 13.1. The summed E-state index contributed by atoms with van der Waals surface area (Å²) in [6, 6.07) is 0.499. The van der Waals surface area contributed by atoms with Gasteiger partial charge in [0.1, 0.15) is 6.10 Å². The van der Waals surface area contributed by atoms with E-state index in [1.165, 1.54) is 0 Å². The van der Waals surface area contributed by atoms with E-state index in [-0.39, 0.29) is 23.4 Å². The molecule has 0 N–H and O–H groups in total. The minimum absolute atomic E-state index is 0.109. The van der Waals surface area contributed by atoms with Gasteiger partial charge in [-0.05, 0) is 49.1 Å². The fraction of sp³-hybridized carbons (Fsp3) is 0.786. The molecule has 1 heterocycles. The van der Waals surface area contributed by atoms with Crippen molar-refractivity contribution < 1.29 is 9.47 Å². The summed E-state index contributed by atoms with van der Waals surface area (Å²) >= 11 is 5.87. The van der Waals surface area contributed by atoms with Crippen LogP contribution in [0.3, 0.4) is 0 Å². The second kappa shape index (κ2) is 6.57. The van der Waals surface area contributed by atoms with Crippen LogP contribution in [0.25, 0.3) is 0 Å².